The van der Waals surface area contributed by atoms with Crippen LogP contribution in [0.3, 0.4) is 0 Å². The van der Waals surface area contributed by atoms with E-state index in [1.807, 2.05) is 0 Å². The van der Waals surface area contributed by atoms with E-state index in [4.69, 9.17) is 0 Å². The highest BCUT2D eigenvalue weighted by molar-refractivity contribution is 6.05. The molecule has 4 rings (SSSR count). The van der Waals surface area contributed by atoms with Crippen LogP contribution in [0, 0.1) is 0 Å². The Bertz CT molecular complexity index is 1340. The van der Waals surface area contributed by atoms with Crippen molar-refractivity contribution in [3.05, 3.63) is 89.1 Å². The zero-order valence-electron chi connectivity index (χ0n) is 15.7. The lowest BCUT2D eigenvalue weighted by Crippen LogP contribution is -2.17. The lowest BCUT2D eigenvalue weighted by Gasteiger charge is -2.13. The first-order chi connectivity index (χ1) is 14.8. The first kappa shape index (κ1) is 20.1. The fourth-order valence-electron chi connectivity index (χ4n) is 3.04. The van der Waals surface area contributed by atoms with E-state index in [2.05, 4.69) is 20.4 Å². The zero-order chi connectivity index (χ0) is 22.0. The third-order valence-electron chi connectivity index (χ3n) is 4.43. The minimum absolute atomic E-state index is 0.125. The third kappa shape index (κ3) is 4.08. The van der Waals surface area contributed by atoms with Crippen LogP contribution < -0.4 is 10.9 Å². The minimum Gasteiger partial charge on any atom is -0.321 e. The maximum absolute atomic E-state index is 13.5. The Labute approximate surface area is 172 Å². The molecule has 0 unspecified atom stereocenters. The largest absolute Gasteiger partial charge is 0.417 e. The van der Waals surface area contributed by atoms with Gasteiger partial charge >= 0.3 is 6.18 Å². The van der Waals surface area contributed by atoms with Gasteiger partial charge in [-0.2, -0.15) is 18.3 Å². The first-order valence-electron chi connectivity index (χ1n) is 9.01. The Morgan fingerprint density at radius 1 is 1.06 bits per heavy atom. The van der Waals surface area contributed by atoms with Gasteiger partial charge in [-0.05, 0) is 17.7 Å². The average molecular weight is 425 g/mol. The van der Waals surface area contributed by atoms with E-state index in [1.165, 1.54) is 47.5 Å². The summed E-state index contributed by atoms with van der Waals surface area (Å²) in [4.78, 5) is 30.9. The minimum atomic E-state index is -4.72. The van der Waals surface area contributed by atoms with Gasteiger partial charge in [0, 0.05) is 6.08 Å². The van der Waals surface area contributed by atoms with E-state index in [0.717, 1.165) is 0 Å². The van der Waals surface area contributed by atoms with Crippen LogP contribution in [0.25, 0.3) is 22.3 Å². The molecular formula is C21H14F3N5O2. The van der Waals surface area contributed by atoms with Gasteiger partial charge in [-0.1, -0.05) is 42.5 Å². The molecule has 0 saturated carbocycles. The summed E-state index contributed by atoms with van der Waals surface area (Å²) in [5, 5.41) is 6.82. The highest BCUT2D eigenvalue weighted by Crippen LogP contribution is 2.34. The number of nitrogens with one attached hydrogen (secondary N) is 2. The van der Waals surface area contributed by atoms with Crippen LogP contribution in [-0.2, 0) is 4.79 Å². The third-order valence-corrected chi connectivity index (χ3v) is 4.43. The molecule has 1 amide bonds. The second kappa shape index (κ2) is 7.90. The predicted molar refractivity (Wildman–Crippen MR) is 109 cm³/mol. The van der Waals surface area contributed by atoms with Gasteiger partial charge in [-0.15, -0.1) is 0 Å². The molecule has 0 atom stereocenters. The van der Waals surface area contributed by atoms with Crippen LogP contribution in [0.1, 0.15) is 5.56 Å². The Morgan fingerprint density at radius 2 is 1.77 bits per heavy atom. The number of hydrogen-bond acceptors (Lipinski definition) is 4. The summed E-state index contributed by atoms with van der Waals surface area (Å²) in [6.07, 6.45) is -1.68. The topological polar surface area (TPSA) is 92.7 Å². The molecular weight excluding hydrogens is 411 g/mol. The number of carbonyl (C=O) groups is 1. The van der Waals surface area contributed by atoms with Crippen molar-refractivity contribution in [2.45, 2.75) is 6.18 Å². The second-order valence-electron chi connectivity index (χ2n) is 6.45. The van der Waals surface area contributed by atoms with Crippen molar-refractivity contribution >= 4 is 28.2 Å². The second-order valence-corrected chi connectivity index (χ2v) is 6.45. The summed E-state index contributed by atoms with van der Waals surface area (Å²) in [6, 6.07) is 13.4. The van der Waals surface area contributed by atoms with Crippen LogP contribution in [0.15, 0.2) is 78.0 Å². The van der Waals surface area contributed by atoms with Gasteiger partial charge in [-0.3, -0.25) is 9.59 Å². The summed E-state index contributed by atoms with van der Waals surface area (Å²) in [7, 11) is 0. The number of allylic oxidation sites excluding steroid dienone is 1. The van der Waals surface area contributed by atoms with E-state index in [-0.39, 0.29) is 22.3 Å². The molecule has 0 saturated heterocycles. The SMILES string of the molecule is O=C(/C=C(\c1ccccc1)C(F)(F)F)Nc1ccccc1-n1ncc2c(=O)[nH]cnc21. The molecule has 2 N–H and O–H groups in total. The summed E-state index contributed by atoms with van der Waals surface area (Å²) in [5.74, 6) is -0.967. The summed E-state index contributed by atoms with van der Waals surface area (Å²) >= 11 is 0. The molecule has 0 aliphatic carbocycles. The van der Waals surface area contributed by atoms with Crippen LogP contribution in [0.4, 0.5) is 18.9 Å². The molecule has 156 valence electrons. The van der Waals surface area contributed by atoms with Crippen molar-refractivity contribution in [3.63, 3.8) is 0 Å². The number of amides is 1. The Hall–Kier alpha value is -4.21. The number of para-hydroxylation sites is 2. The van der Waals surface area contributed by atoms with Gasteiger partial charge in [-0.25, -0.2) is 9.67 Å². The number of nitrogens with zero attached hydrogens (tertiary/aromatic N) is 3. The maximum Gasteiger partial charge on any atom is 0.417 e. The maximum atomic E-state index is 13.5. The van der Waals surface area contributed by atoms with E-state index in [0.29, 0.717) is 11.8 Å². The van der Waals surface area contributed by atoms with E-state index >= 15 is 0 Å². The van der Waals surface area contributed by atoms with Crippen LogP contribution >= 0.6 is 0 Å². The van der Waals surface area contributed by atoms with Crippen LogP contribution in [0.5, 0.6) is 0 Å². The quantitative estimate of drug-likeness (QED) is 0.488. The average Bonchev–Trinajstić information content (AvgIpc) is 3.18. The Balaban J connectivity index is 1.72. The molecule has 0 aliphatic rings. The molecule has 0 radical (unpaired) electrons. The number of alkyl halides is 3. The van der Waals surface area contributed by atoms with Crippen LogP contribution in [0.2, 0.25) is 0 Å². The Morgan fingerprint density at radius 3 is 2.52 bits per heavy atom. The highest BCUT2D eigenvalue weighted by Gasteiger charge is 2.35. The summed E-state index contributed by atoms with van der Waals surface area (Å²) in [6.45, 7) is 0. The summed E-state index contributed by atoms with van der Waals surface area (Å²) in [5.41, 5.74) is -0.809. The van der Waals surface area contributed by atoms with Gasteiger partial charge in [0.1, 0.15) is 5.39 Å². The van der Waals surface area contributed by atoms with Gasteiger partial charge in [0.15, 0.2) is 5.65 Å². The number of aromatic nitrogens is 4. The van der Waals surface area contributed by atoms with Crippen molar-refractivity contribution in [2.75, 3.05) is 5.32 Å². The number of carbonyl (C=O) groups excluding carboxylic acids is 1. The zero-order valence-corrected chi connectivity index (χ0v) is 15.7. The number of anilines is 1. The molecule has 0 aliphatic heterocycles. The molecule has 2 aromatic carbocycles. The molecule has 31 heavy (non-hydrogen) atoms. The number of hydrogen-bond donors (Lipinski definition) is 2. The monoisotopic (exact) mass is 425 g/mol. The van der Waals surface area contributed by atoms with Gasteiger partial charge in [0.25, 0.3) is 5.56 Å². The van der Waals surface area contributed by atoms with Crippen molar-refractivity contribution in [1.82, 2.24) is 19.7 Å². The molecule has 10 heteroatoms. The molecule has 4 aromatic rings. The van der Waals surface area contributed by atoms with E-state index in [9.17, 15) is 22.8 Å². The molecule has 7 nitrogen and oxygen atoms in total. The number of aromatic amines is 1. The van der Waals surface area contributed by atoms with Gasteiger partial charge < -0.3 is 10.3 Å². The molecule has 0 spiro atoms. The number of rotatable bonds is 4. The van der Waals surface area contributed by atoms with Gasteiger partial charge in [0.2, 0.25) is 5.91 Å². The lowest BCUT2D eigenvalue weighted by atomic mass is 10.1. The van der Waals surface area contributed by atoms with Crippen molar-refractivity contribution in [1.29, 1.82) is 0 Å². The molecule has 0 bridgehead atoms. The van der Waals surface area contributed by atoms with Crippen molar-refractivity contribution in [3.8, 4) is 5.69 Å². The first-order valence-corrected chi connectivity index (χ1v) is 9.01. The standard InChI is InChI=1S/C21H14F3N5O2/c22-21(23,24)15(13-6-2-1-3-7-13)10-18(30)28-16-8-4-5-9-17(16)29-19-14(11-27-29)20(31)26-12-25-19/h1-12H,(H,28,30)(H,25,26,31)/b15-10+. The molecule has 0 fully saturated rings. The fourth-order valence-corrected chi connectivity index (χ4v) is 3.04. The van der Waals surface area contributed by atoms with Crippen LogP contribution in [-0.4, -0.2) is 31.8 Å². The number of fused-ring (bicyclic) bond motifs is 1. The van der Waals surface area contributed by atoms with E-state index < -0.39 is 23.2 Å². The normalized spacial score (nSPS) is 12.2. The summed E-state index contributed by atoms with van der Waals surface area (Å²) < 4.78 is 41.9. The number of H-pyrrole nitrogens is 1. The molecule has 2 heterocycles. The number of halogens is 3. The smallest absolute Gasteiger partial charge is 0.321 e. The van der Waals surface area contributed by atoms with Gasteiger partial charge in [0.05, 0.1) is 29.5 Å². The molecule has 2 aromatic heterocycles. The Kier molecular flexibility index (Phi) is 5.12. The highest BCUT2D eigenvalue weighted by atomic mass is 19.4. The van der Waals surface area contributed by atoms with Crippen molar-refractivity contribution < 1.29 is 18.0 Å². The number of benzene rings is 2. The van der Waals surface area contributed by atoms with E-state index in [1.54, 1.807) is 24.3 Å². The lowest BCUT2D eigenvalue weighted by molar-refractivity contribution is -0.112. The predicted octanol–water partition coefficient (Wildman–Crippen LogP) is 3.69. The fraction of sp³-hybridized carbons (Fsp3) is 0.0476. The van der Waals surface area contributed by atoms with Crippen molar-refractivity contribution in [2.24, 2.45) is 0 Å².